The number of halogens is 4. The van der Waals surface area contributed by atoms with Crippen molar-refractivity contribution >= 4 is 22.6 Å². The fraction of sp³-hybridized carbons (Fsp3) is 0.333. The van der Waals surface area contributed by atoms with Gasteiger partial charge in [-0.2, -0.15) is 5.26 Å². The summed E-state index contributed by atoms with van der Waals surface area (Å²) in [5.41, 5.74) is 0.566. The fourth-order valence-electron chi connectivity index (χ4n) is 1.02. The van der Waals surface area contributed by atoms with Gasteiger partial charge in [0.1, 0.15) is 3.70 Å². The Bertz CT molecular complexity index is 440. The summed E-state index contributed by atoms with van der Waals surface area (Å²) < 4.78 is 40.5. The molecular weight excluding hydrogens is 336 g/mol. The van der Waals surface area contributed by atoms with Crippen molar-refractivity contribution in [2.24, 2.45) is 0 Å². The Labute approximate surface area is 103 Å². The molecule has 1 heterocycles. The van der Waals surface area contributed by atoms with Gasteiger partial charge in [-0.15, -0.1) is 13.2 Å². The van der Waals surface area contributed by atoms with E-state index in [1.54, 1.807) is 13.0 Å². The predicted molar refractivity (Wildman–Crippen MR) is 57.7 cm³/mol. The van der Waals surface area contributed by atoms with Crippen molar-refractivity contribution in [2.45, 2.75) is 19.7 Å². The van der Waals surface area contributed by atoms with Gasteiger partial charge >= 0.3 is 6.36 Å². The van der Waals surface area contributed by atoms with E-state index in [-0.39, 0.29) is 12.1 Å². The van der Waals surface area contributed by atoms with Crippen molar-refractivity contribution < 1.29 is 17.9 Å². The van der Waals surface area contributed by atoms with Gasteiger partial charge in [-0.3, -0.25) is 0 Å². The Balaban J connectivity index is 3.15. The first-order valence-electron chi connectivity index (χ1n) is 4.12. The van der Waals surface area contributed by atoms with Crippen LogP contribution >= 0.6 is 22.6 Å². The van der Waals surface area contributed by atoms with Gasteiger partial charge in [-0.1, -0.05) is 0 Å². The molecule has 0 N–H and O–H groups in total. The summed E-state index contributed by atoms with van der Waals surface area (Å²) in [5.74, 6) is -0.410. The van der Waals surface area contributed by atoms with Crippen LogP contribution in [0.2, 0.25) is 0 Å². The Kier molecular flexibility index (Phi) is 3.96. The third-order valence-electron chi connectivity index (χ3n) is 1.66. The molecule has 0 aliphatic rings. The van der Waals surface area contributed by atoms with E-state index >= 15 is 0 Å². The zero-order valence-corrected chi connectivity index (χ0v) is 10.3. The molecule has 0 fully saturated rings. The molecule has 3 nitrogen and oxygen atoms in total. The highest BCUT2D eigenvalue weighted by atomic mass is 127. The van der Waals surface area contributed by atoms with Crippen LogP contribution in [0, 0.1) is 22.0 Å². The number of aromatic nitrogens is 1. The highest BCUT2D eigenvalue weighted by Gasteiger charge is 2.32. The lowest BCUT2D eigenvalue weighted by Crippen LogP contribution is -2.19. The van der Waals surface area contributed by atoms with Gasteiger partial charge in [0.2, 0.25) is 0 Å². The summed E-state index contributed by atoms with van der Waals surface area (Å²) in [4.78, 5) is 3.89. The lowest BCUT2D eigenvalue weighted by molar-refractivity contribution is -0.275. The van der Waals surface area contributed by atoms with Crippen LogP contribution < -0.4 is 4.74 Å². The topological polar surface area (TPSA) is 45.9 Å². The zero-order valence-electron chi connectivity index (χ0n) is 8.10. The van der Waals surface area contributed by atoms with Gasteiger partial charge in [-0.25, -0.2) is 4.98 Å². The van der Waals surface area contributed by atoms with Crippen LogP contribution in [-0.2, 0) is 6.42 Å². The van der Waals surface area contributed by atoms with Crippen LogP contribution in [0.4, 0.5) is 13.2 Å². The van der Waals surface area contributed by atoms with Crippen molar-refractivity contribution in [2.75, 3.05) is 0 Å². The summed E-state index contributed by atoms with van der Waals surface area (Å²) in [6.45, 7) is 1.62. The molecule has 0 saturated carbocycles. The Morgan fingerprint density at radius 1 is 1.56 bits per heavy atom. The van der Waals surface area contributed by atoms with Gasteiger partial charge in [-0.05, 0) is 41.1 Å². The van der Waals surface area contributed by atoms with Gasteiger partial charge in [0.25, 0.3) is 0 Å². The average Bonchev–Trinajstić information content (AvgIpc) is 2.11. The van der Waals surface area contributed by atoms with Crippen molar-refractivity contribution in [3.8, 4) is 11.8 Å². The van der Waals surface area contributed by atoms with E-state index in [9.17, 15) is 13.2 Å². The Morgan fingerprint density at radius 2 is 2.19 bits per heavy atom. The quantitative estimate of drug-likeness (QED) is 0.613. The highest BCUT2D eigenvalue weighted by Crippen LogP contribution is 2.28. The van der Waals surface area contributed by atoms with Gasteiger partial charge in [0.15, 0.2) is 5.75 Å². The van der Waals surface area contributed by atoms with Crippen LogP contribution in [0.25, 0.3) is 0 Å². The normalized spacial score (nSPS) is 11.0. The third-order valence-corrected chi connectivity index (χ3v) is 2.75. The van der Waals surface area contributed by atoms with Crippen LogP contribution in [0.3, 0.4) is 0 Å². The largest absolute Gasteiger partial charge is 0.573 e. The van der Waals surface area contributed by atoms with E-state index in [1.807, 2.05) is 22.6 Å². The van der Waals surface area contributed by atoms with E-state index < -0.39 is 12.1 Å². The summed E-state index contributed by atoms with van der Waals surface area (Å²) in [5, 5.41) is 8.47. The molecule has 0 aliphatic carbocycles. The molecule has 0 bridgehead atoms. The first-order chi connectivity index (χ1) is 7.33. The molecule has 0 amide bonds. The van der Waals surface area contributed by atoms with Gasteiger partial charge < -0.3 is 4.74 Å². The lowest BCUT2D eigenvalue weighted by Gasteiger charge is -2.12. The maximum Gasteiger partial charge on any atom is 0.573 e. The van der Waals surface area contributed by atoms with Crippen LogP contribution in [-0.4, -0.2) is 11.3 Å². The second-order valence-electron chi connectivity index (χ2n) is 2.92. The number of alkyl halides is 3. The second kappa shape index (κ2) is 4.86. The molecule has 1 aromatic heterocycles. The van der Waals surface area contributed by atoms with Crippen molar-refractivity contribution in [3.05, 3.63) is 21.0 Å². The first-order valence-corrected chi connectivity index (χ1v) is 5.20. The molecule has 0 radical (unpaired) electrons. The number of hydrogen-bond acceptors (Lipinski definition) is 3. The molecule has 16 heavy (non-hydrogen) atoms. The molecule has 86 valence electrons. The molecule has 1 aromatic rings. The number of rotatable bonds is 2. The molecule has 0 aliphatic heterocycles. The summed E-state index contributed by atoms with van der Waals surface area (Å²) in [6, 6.07) is 2.97. The number of pyridine rings is 1. The van der Waals surface area contributed by atoms with Crippen LogP contribution in [0.5, 0.6) is 5.75 Å². The van der Waals surface area contributed by atoms with E-state index in [2.05, 4.69) is 9.72 Å². The predicted octanol–water partition coefficient (Wildman–Crippen LogP) is 2.96. The number of aryl methyl sites for hydroxylation is 1. The van der Waals surface area contributed by atoms with E-state index in [0.29, 0.717) is 9.26 Å². The first kappa shape index (κ1) is 13.0. The monoisotopic (exact) mass is 342 g/mol. The molecule has 0 saturated heterocycles. The molecular formula is C9H6F3IN2O. The third kappa shape index (κ3) is 3.52. The summed E-state index contributed by atoms with van der Waals surface area (Å²) >= 11 is 1.89. The molecule has 0 atom stereocenters. The van der Waals surface area contributed by atoms with E-state index in [4.69, 9.17) is 5.26 Å². The Morgan fingerprint density at radius 3 is 2.69 bits per heavy atom. The average molecular weight is 342 g/mol. The number of nitrogens with zero attached hydrogens (tertiary/aromatic N) is 2. The van der Waals surface area contributed by atoms with Crippen molar-refractivity contribution in [1.29, 1.82) is 5.26 Å². The second-order valence-corrected chi connectivity index (χ2v) is 3.95. The molecule has 1 rings (SSSR count). The standard InChI is InChI=1S/C9H6F3IN2O/c1-5-4-7(16-9(10,11)12)6(2-3-14)15-8(5)13/h4H,2H2,1H3. The molecule has 7 heteroatoms. The van der Waals surface area contributed by atoms with Crippen molar-refractivity contribution in [3.63, 3.8) is 0 Å². The molecule has 0 aromatic carbocycles. The highest BCUT2D eigenvalue weighted by molar-refractivity contribution is 14.1. The number of ether oxygens (including phenoxy) is 1. The molecule has 0 spiro atoms. The van der Waals surface area contributed by atoms with Gasteiger partial charge in [0.05, 0.1) is 18.2 Å². The van der Waals surface area contributed by atoms with Crippen molar-refractivity contribution in [1.82, 2.24) is 4.98 Å². The van der Waals surface area contributed by atoms with E-state index in [1.165, 1.54) is 6.07 Å². The van der Waals surface area contributed by atoms with E-state index in [0.717, 1.165) is 0 Å². The zero-order chi connectivity index (χ0) is 12.3. The fourth-order valence-corrected chi connectivity index (χ4v) is 1.46. The summed E-state index contributed by atoms with van der Waals surface area (Å²) in [6.07, 6.45) is -4.99. The smallest absolute Gasteiger partial charge is 0.404 e. The Hall–Kier alpha value is -1.04. The van der Waals surface area contributed by atoms with Crippen LogP contribution in [0.15, 0.2) is 6.07 Å². The number of nitriles is 1. The summed E-state index contributed by atoms with van der Waals surface area (Å²) in [7, 11) is 0. The SMILES string of the molecule is Cc1cc(OC(F)(F)F)c(CC#N)nc1I. The molecule has 0 unspecified atom stereocenters. The number of hydrogen-bond donors (Lipinski definition) is 0. The minimum absolute atomic E-state index is 0.00479. The minimum Gasteiger partial charge on any atom is -0.404 e. The maximum atomic E-state index is 12.1. The minimum atomic E-state index is -4.77. The van der Waals surface area contributed by atoms with Gasteiger partial charge in [0, 0.05) is 0 Å². The maximum absolute atomic E-state index is 12.1. The lowest BCUT2D eigenvalue weighted by atomic mass is 10.2. The van der Waals surface area contributed by atoms with Crippen LogP contribution in [0.1, 0.15) is 11.3 Å².